The summed E-state index contributed by atoms with van der Waals surface area (Å²) in [5.74, 6) is 0. The van der Waals surface area contributed by atoms with E-state index >= 15 is 0 Å². The average Bonchev–Trinajstić information content (AvgIpc) is 2.53. The number of hydrogen-bond acceptors (Lipinski definition) is 1. The van der Waals surface area contributed by atoms with E-state index in [4.69, 9.17) is 4.74 Å². The molecular formula is C20H34O. The maximum absolute atomic E-state index is 7.02. The summed E-state index contributed by atoms with van der Waals surface area (Å²) in [6.45, 7) is 7.84. The molecule has 2 aliphatic carbocycles. The van der Waals surface area contributed by atoms with Crippen molar-refractivity contribution in [2.75, 3.05) is 0 Å². The molecule has 0 N–H and O–H groups in total. The summed E-state index contributed by atoms with van der Waals surface area (Å²) in [5.41, 5.74) is 0.288. The zero-order valence-electron chi connectivity index (χ0n) is 13.9. The van der Waals surface area contributed by atoms with Gasteiger partial charge in [-0.05, 0) is 51.4 Å². The number of rotatable bonds is 8. The van der Waals surface area contributed by atoms with Crippen molar-refractivity contribution in [1.82, 2.24) is 0 Å². The first kappa shape index (κ1) is 16.8. The Morgan fingerprint density at radius 3 is 1.38 bits per heavy atom. The second-order valence-electron chi connectivity index (χ2n) is 7.24. The van der Waals surface area contributed by atoms with Crippen LogP contribution in [0.1, 0.15) is 89.9 Å². The Morgan fingerprint density at radius 1 is 0.667 bits per heavy atom. The highest BCUT2D eigenvalue weighted by atomic mass is 16.5. The predicted molar refractivity (Wildman–Crippen MR) is 91.6 cm³/mol. The van der Waals surface area contributed by atoms with Crippen LogP contribution in [0.25, 0.3) is 0 Å². The molecule has 0 aliphatic heterocycles. The third kappa shape index (κ3) is 4.71. The summed E-state index contributed by atoms with van der Waals surface area (Å²) in [7, 11) is 0. The van der Waals surface area contributed by atoms with E-state index in [-0.39, 0.29) is 11.2 Å². The zero-order chi connectivity index (χ0) is 15.0. The third-order valence-corrected chi connectivity index (χ3v) is 5.57. The van der Waals surface area contributed by atoms with Crippen LogP contribution in [0.4, 0.5) is 0 Å². The van der Waals surface area contributed by atoms with E-state index in [1.165, 1.54) is 77.0 Å². The van der Waals surface area contributed by atoms with Gasteiger partial charge >= 0.3 is 0 Å². The van der Waals surface area contributed by atoms with Crippen molar-refractivity contribution in [3.8, 4) is 0 Å². The minimum atomic E-state index is 0.144. The first-order valence-electron chi connectivity index (χ1n) is 9.16. The Bertz CT molecular complexity index is 287. The summed E-state index contributed by atoms with van der Waals surface area (Å²) >= 11 is 0. The van der Waals surface area contributed by atoms with Crippen molar-refractivity contribution in [2.24, 2.45) is 0 Å². The highest BCUT2D eigenvalue weighted by Crippen LogP contribution is 2.45. The van der Waals surface area contributed by atoms with Gasteiger partial charge in [0.1, 0.15) is 0 Å². The molecular weight excluding hydrogens is 256 g/mol. The predicted octanol–water partition coefficient (Wildman–Crippen LogP) is 6.34. The molecule has 0 aromatic rings. The van der Waals surface area contributed by atoms with Crippen LogP contribution < -0.4 is 0 Å². The van der Waals surface area contributed by atoms with Crippen molar-refractivity contribution in [3.63, 3.8) is 0 Å². The Labute approximate surface area is 131 Å². The second kappa shape index (κ2) is 8.17. The fourth-order valence-corrected chi connectivity index (χ4v) is 4.39. The SMILES string of the molecule is C=CCCC1(OC2(CCC=C)CCCCC2)CCCCC1. The van der Waals surface area contributed by atoms with E-state index < -0.39 is 0 Å². The molecule has 0 radical (unpaired) electrons. The van der Waals surface area contributed by atoms with Gasteiger partial charge in [0.05, 0.1) is 11.2 Å². The van der Waals surface area contributed by atoms with Gasteiger partial charge in [0.2, 0.25) is 0 Å². The van der Waals surface area contributed by atoms with Crippen LogP contribution in [-0.4, -0.2) is 11.2 Å². The van der Waals surface area contributed by atoms with Crippen molar-refractivity contribution < 1.29 is 4.74 Å². The van der Waals surface area contributed by atoms with Gasteiger partial charge in [0.15, 0.2) is 0 Å². The van der Waals surface area contributed by atoms with Gasteiger partial charge < -0.3 is 4.74 Å². The van der Waals surface area contributed by atoms with Crippen LogP contribution in [0, 0.1) is 0 Å². The highest BCUT2D eigenvalue weighted by Gasteiger charge is 2.42. The summed E-state index contributed by atoms with van der Waals surface area (Å²) in [5, 5.41) is 0. The molecule has 0 heterocycles. The molecule has 0 spiro atoms. The maximum Gasteiger partial charge on any atom is 0.0693 e. The number of hydrogen-bond donors (Lipinski definition) is 0. The Kier molecular flexibility index (Phi) is 6.54. The van der Waals surface area contributed by atoms with Crippen LogP contribution >= 0.6 is 0 Å². The number of ether oxygens (including phenoxy) is 1. The monoisotopic (exact) mass is 290 g/mol. The lowest BCUT2D eigenvalue weighted by Crippen LogP contribution is -2.47. The minimum absolute atomic E-state index is 0.144. The smallest absolute Gasteiger partial charge is 0.0693 e. The van der Waals surface area contributed by atoms with Crippen LogP contribution in [-0.2, 0) is 4.74 Å². The molecule has 2 fully saturated rings. The third-order valence-electron chi connectivity index (χ3n) is 5.57. The number of allylic oxidation sites excluding steroid dienone is 2. The highest BCUT2D eigenvalue weighted by molar-refractivity contribution is 4.94. The van der Waals surface area contributed by atoms with Gasteiger partial charge in [0, 0.05) is 0 Å². The summed E-state index contributed by atoms with van der Waals surface area (Å²) < 4.78 is 7.02. The topological polar surface area (TPSA) is 9.23 Å². The Hall–Kier alpha value is -0.560. The lowest BCUT2D eigenvalue weighted by Gasteiger charge is -2.48. The molecule has 1 nitrogen and oxygen atoms in total. The fourth-order valence-electron chi connectivity index (χ4n) is 4.39. The molecule has 0 amide bonds. The lowest BCUT2D eigenvalue weighted by atomic mass is 9.77. The standard InChI is InChI=1S/C20H34O/c1-3-5-13-19(15-9-7-10-16-19)21-20(14-6-4-2)17-11-8-12-18-20/h3-4H,1-2,5-18H2. The van der Waals surface area contributed by atoms with Crippen molar-refractivity contribution in [1.29, 1.82) is 0 Å². The van der Waals surface area contributed by atoms with E-state index in [1.54, 1.807) is 0 Å². The molecule has 0 aromatic heterocycles. The molecule has 0 saturated heterocycles. The molecule has 0 unspecified atom stereocenters. The molecule has 2 rings (SSSR count). The van der Waals surface area contributed by atoms with E-state index in [1.807, 2.05) is 0 Å². The van der Waals surface area contributed by atoms with Crippen molar-refractivity contribution >= 4 is 0 Å². The lowest BCUT2D eigenvalue weighted by molar-refractivity contribution is -0.190. The second-order valence-corrected chi connectivity index (χ2v) is 7.24. The molecule has 0 bridgehead atoms. The molecule has 0 aromatic carbocycles. The quantitative estimate of drug-likeness (QED) is 0.474. The molecule has 21 heavy (non-hydrogen) atoms. The fraction of sp³-hybridized carbons (Fsp3) is 0.800. The molecule has 2 aliphatic rings. The Morgan fingerprint density at radius 2 is 1.05 bits per heavy atom. The first-order chi connectivity index (χ1) is 10.2. The largest absolute Gasteiger partial charge is 0.369 e. The van der Waals surface area contributed by atoms with E-state index in [2.05, 4.69) is 25.3 Å². The molecule has 0 atom stereocenters. The van der Waals surface area contributed by atoms with E-state index in [0.717, 1.165) is 12.8 Å². The average molecular weight is 290 g/mol. The summed E-state index contributed by atoms with van der Waals surface area (Å²) in [6, 6.07) is 0. The van der Waals surface area contributed by atoms with Crippen molar-refractivity contribution in [2.45, 2.75) is 101 Å². The van der Waals surface area contributed by atoms with E-state index in [0.29, 0.717) is 0 Å². The van der Waals surface area contributed by atoms with Crippen LogP contribution in [0.3, 0.4) is 0 Å². The van der Waals surface area contributed by atoms with Crippen LogP contribution in [0.15, 0.2) is 25.3 Å². The normalized spacial score (nSPS) is 24.4. The van der Waals surface area contributed by atoms with Crippen LogP contribution in [0.2, 0.25) is 0 Å². The minimum Gasteiger partial charge on any atom is -0.369 e. The maximum atomic E-state index is 7.02. The van der Waals surface area contributed by atoms with Gasteiger partial charge in [-0.3, -0.25) is 0 Å². The van der Waals surface area contributed by atoms with Gasteiger partial charge in [-0.25, -0.2) is 0 Å². The van der Waals surface area contributed by atoms with Gasteiger partial charge in [-0.2, -0.15) is 0 Å². The molecule has 1 heteroatoms. The summed E-state index contributed by atoms with van der Waals surface area (Å²) in [4.78, 5) is 0. The van der Waals surface area contributed by atoms with E-state index in [9.17, 15) is 0 Å². The summed E-state index contributed by atoms with van der Waals surface area (Å²) in [6.07, 6.45) is 21.9. The van der Waals surface area contributed by atoms with Gasteiger partial charge in [-0.15, -0.1) is 13.2 Å². The Balaban J connectivity index is 2.09. The first-order valence-corrected chi connectivity index (χ1v) is 9.16. The van der Waals surface area contributed by atoms with Gasteiger partial charge in [0.25, 0.3) is 0 Å². The molecule has 120 valence electrons. The van der Waals surface area contributed by atoms with Gasteiger partial charge in [-0.1, -0.05) is 50.7 Å². The van der Waals surface area contributed by atoms with Crippen LogP contribution in [0.5, 0.6) is 0 Å². The molecule has 2 saturated carbocycles. The zero-order valence-corrected chi connectivity index (χ0v) is 13.9. The van der Waals surface area contributed by atoms with Crippen molar-refractivity contribution in [3.05, 3.63) is 25.3 Å².